The van der Waals surface area contributed by atoms with Crippen molar-refractivity contribution in [3.8, 4) is 0 Å². The average molecular weight is 230 g/mol. The monoisotopic (exact) mass is 230 g/mol. The van der Waals surface area contributed by atoms with Crippen molar-refractivity contribution in [2.75, 3.05) is 0 Å². The number of hydrogen-bond donors (Lipinski definition) is 0. The number of nitrogens with zero attached hydrogens (tertiary/aromatic N) is 2. The summed E-state index contributed by atoms with van der Waals surface area (Å²) >= 11 is 1.62. The third kappa shape index (κ3) is 1.72. The van der Waals surface area contributed by atoms with Crippen molar-refractivity contribution in [1.29, 1.82) is 0 Å². The molecule has 0 amide bonds. The molecule has 3 nitrogen and oxygen atoms in total. The summed E-state index contributed by atoms with van der Waals surface area (Å²) in [5.74, 6) is 0.732. The minimum Gasteiger partial charge on any atom is -0.440 e. The Morgan fingerprint density at radius 1 is 1.38 bits per heavy atom. The molecule has 0 aliphatic carbocycles. The van der Waals surface area contributed by atoms with Crippen molar-refractivity contribution in [1.82, 2.24) is 9.97 Å². The first-order valence-electron chi connectivity index (χ1n) is 5.06. The third-order valence-electron chi connectivity index (χ3n) is 2.37. The van der Waals surface area contributed by atoms with Gasteiger partial charge in [0.25, 0.3) is 0 Å². The lowest BCUT2D eigenvalue weighted by molar-refractivity contribution is 0.543. The molecular formula is C12H10N2OS. The number of fused-ring (bicyclic) bond motifs is 1. The lowest BCUT2D eigenvalue weighted by atomic mass is 10.2. The van der Waals surface area contributed by atoms with Crippen LogP contribution in [0.5, 0.6) is 0 Å². The highest BCUT2D eigenvalue weighted by molar-refractivity contribution is 7.09. The first-order chi connectivity index (χ1) is 7.81. The summed E-state index contributed by atoms with van der Waals surface area (Å²) in [4.78, 5) is 8.67. The fourth-order valence-electron chi connectivity index (χ4n) is 1.63. The summed E-state index contributed by atoms with van der Waals surface area (Å²) in [6.45, 7) is 2.05. The Morgan fingerprint density at radius 2 is 2.31 bits per heavy atom. The Labute approximate surface area is 96.8 Å². The highest BCUT2D eigenvalue weighted by Gasteiger charge is 2.07. The summed E-state index contributed by atoms with van der Waals surface area (Å²) in [5, 5.41) is 2.99. The molecule has 2 aromatic heterocycles. The van der Waals surface area contributed by atoms with Gasteiger partial charge in [0.1, 0.15) is 10.5 Å². The maximum atomic E-state index is 5.65. The summed E-state index contributed by atoms with van der Waals surface area (Å²) in [5.41, 5.74) is 2.96. The highest BCUT2D eigenvalue weighted by atomic mass is 32.1. The predicted molar refractivity (Wildman–Crippen MR) is 63.7 cm³/mol. The summed E-state index contributed by atoms with van der Waals surface area (Å²) in [6, 6.07) is 6.02. The van der Waals surface area contributed by atoms with E-state index in [2.05, 4.69) is 16.9 Å². The number of hydrogen-bond acceptors (Lipinski definition) is 4. The van der Waals surface area contributed by atoms with Gasteiger partial charge in [-0.15, -0.1) is 11.3 Å². The van der Waals surface area contributed by atoms with Gasteiger partial charge in [-0.3, -0.25) is 0 Å². The Morgan fingerprint density at radius 3 is 3.12 bits per heavy atom. The van der Waals surface area contributed by atoms with Crippen molar-refractivity contribution < 1.29 is 4.42 Å². The first kappa shape index (κ1) is 9.54. The zero-order valence-electron chi connectivity index (χ0n) is 8.80. The van der Waals surface area contributed by atoms with Crippen LogP contribution in [0.25, 0.3) is 11.1 Å². The van der Waals surface area contributed by atoms with E-state index in [4.69, 9.17) is 4.42 Å². The van der Waals surface area contributed by atoms with Gasteiger partial charge >= 0.3 is 0 Å². The largest absolute Gasteiger partial charge is 0.440 e. The minimum atomic E-state index is 0.672. The fourth-order valence-corrected chi connectivity index (χ4v) is 2.24. The molecule has 0 fully saturated rings. The molecule has 16 heavy (non-hydrogen) atoms. The topological polar surface area (TPSA) is 38.9 Å². The molecule has 1 aromatic carbocycles. The second-order valence-corrected chi connectivity index (χ2v) is 4.66. The summed E-state index contributed by atoms with van der Waals surface area (Å²) in [7, 11) is 0. The van der Waals surface area contributed by atoms with Gasteiger partial charge in [0.05, 0.1) is 6.42 Å². The minimum absolute atomic E-state index is 0.672. The van der Waals surface area contributed by atoms with Gasteiger partial charge in [0.2, 0.25) is 5.89 Å². The molecular weight excluding hydrogens is 220 g/mol. The van der Waals surface area contributed by atoms with Crippen molar-refractivity contribution in [3.63, 3.8) is 0 Å². The number of aryl methyl sites for hydroxylation is 1. The number of thiazole rings is 1. The number of oxazole rings is 1. The van der Waals surface area contributed by atoms with Crippen LogP contribution in [0, 0.1) is 6.92 Å². The predicted octanol–water partition coefficient (Wildman–Crippen LogP) is 3.18. The third-order valence-corrected chi connectivity index (χ3v) is 3.15. The second-order valence-electron chi connectivity index (χ2n) is 3.68. The van der Waals surface area contributed by atoms with Gasteiger partial charge in [-0.05, 0) is 24.6 Å². The van der Waals surface area contributed by atoms with Crippen LogP contribution in [-0.2, 0) is 6.42 Å². The molecule has 0 aliphatic rings. The van der Waals surface area contributed by atoms with Crippen molar-refractivity contribution in [3.05, 3.63) is 46.2 Å². The van der Waals surface area contributed by atoms with Crippen LogP contribution in [0.4, 0.5) is 0 Å². The maximum Gasteiger partial charge on any atom is 0.202 e. The number of benzene rings is 1. The Balaban J connectivity index is 1.99. The molecule has 3 aromatic rings. The van der Waals surface area contributed by atoms with E-state index in [0.29, 0.717) is 6.42 Å². The zero-order valence-corrected chi connectivity index (χ0v) is 9.62. The van der Waals surface area contributed by atoms with E-state index in [1.54, 1.807) is 17.5 Å². The molecule has 2 heterocycles. The van der Waals surface area contributed by atoms with Gasteiger partial charge in [0, 0.05) is 11.6 Å². The van der Waals surface area contributed by atoms with E-state index in [-0.39, 0.29) is 0 Å². The molecule has 0 saturated heterocycles. The normalized spacial score (nSPS) is 11.1. The lowest BCUT2D eigenvalue weighted by Crippen LogP contribution is -1.85. The number of aromatic nitrogens is 2. The fraction of sp³-hybridized carbons (Fsp3) is 0.167. The molecule has 0 atom stereocenters. The molecule has 4 heteroatoms. The van der Waals surface area contributed by atoms with Gasteiger partial charge in [0.15, 0.2) is 5.58 Å². The SMILES string of the molecule is Cc1ccc2oc(Cc3nccs3)nc2c1. The van der Waals surface area contributed by atoms with E-state index >= 15 is 0 Å². The van der Waals surface area contributed by atoms with Crippen LogP contribution in [0.1, 0.15) is 16.5 Å². The van der Waals surface area contributed by atoms with Crippen LogP contribution in [0.15, 0.2) is 34.2 Å². The highest BCUT2D eigenvalue weighted by Crippen LogP contribution is 2.19. The molecule has 3 rings (SSSR count). The molecule has 0 unspecified atom stereocenters. The van der Waals surface area contributed by atoms with Gasteiger partial charge < -0.3 is 4.42 Å². The molecule has 80 valence electrons. The van der Waals surface area contributed by atoms with Gasteiger partial charge in [-0.2, -0.15) is 0 Å². The second kappa shape index (κ2) is 3.72. The quantitative estimate of drug-likeness (QED) is 0.678. The molecule has 0 N–H and O–H groups in total. The van der Waals surface area contributed by atoms with E-state index in [9.17, 15) is 0 Å². The maximum absolute atomic E-state index is 5.65. The average Bonchev–Trinajstić information content (AvgIpc) is 2.86. The number of rotatable bonds is 2. The van der Waals surface area contributed by atoms with E-state index < -0.39 is 0 Å². The van der Waals surface area contributed by atoms with Crippen molar-refractivity contribution in [2.45, 2.75) is 13.3 Å². The molecule has 0 spiro atoms. The molecule has 0 aliphatic heterocycles. The van der Waals surface area contributed by atoms with Crippen LogP contribution < -0.4 is 0 Å². The van der Waals surface area contributed by atoms with Crippen LogP contribution >= 0.6 is 11.3 Å². The summed E-state index contributed by atoms with van der Waals surface area (Å²) in [6.07, 6.45) is 2.47. The van der Waals surface area contributed by atoms with Gasteiger partial charge in [-0.1, -0.05) is 6.07 Å². The van der Waals surface area contributed by atoms with Crippen molar-refractivity contribution >= 4 is 22.4 Å². The van der Waals surface area contributed by atoms with E-state index in [1.165, 1.54) is 5.56 Å². The van der Waals surface area contributed by atoms with Crippen LogP contribution in [-0.4, -0.2) is 9.97 Å². The Bertz CT molecular complexity index is 613. The molecule has 0 bridgehead atoms. The molecule has 0 saturated carbocycles. The zero-order chi connectivity index (χ0) is 11.0. The van der Waals surface area contributed by atoms with Crippen molar-refractivity contribution in [2.24, 2.45) is 0 Å². The molecule has 0 radical (unpaired) electrons. The Hall–Kier alpha value is -1.68. The van der Waals surface area contributed by atoms with Gasteiger partial charge in [-0.25, -0.2) is 9.97 Å². The van der Waals surface area contributed by atoms with Crippen LogP contribution in [0.3, 0.4) is 0 Å². The van der Waals surface area contributed by atoms with E-state index in [1.807, 2.05) is 23.6 Å². The smallest absolute Gasteiger partial charge is 0.202 e. The summed E-state index contributed by atoms with van der Waals surface area (Å²) < 4.78 is 5.65. The Kier molecular flexibility index (Phi) is 2.22. The van der Waals surface area contributed by atoms with E-state index in [0.717, 1.165) is 22.0 Å². The van der Waals surface area contributed by atoms with Crippen LogP contribution in [0.2, 0.25) is 0 Å². The lowest BCUT2D eigenvalue weighted by Gasteiger charge is -1.88. The standard InChI is InChI=1S/C12H10N2OS/c1-8-2-3-10-9(6-8)14-11(15-10)7-12-13-4-5-16-12/h2-6H,7H2,1H3. The first-order valence-corrected chi connectivity index (χ1v) is 5.94.